The summed E-state index contributed by atoms with van der Waals surface area (Å²) in [6, 6.07) is 9.29. The number of fused-ring (bicyclic) bond motifs is 1. The number of nitrogens with zero attached hydrogens (tertiary/aromatic N) is 1. The molecule has 0 bridgehead atoms. The lowest BCUT2D eigenvalue weighted by Crippen LogP contribution is -2.07. The summed E-state index contributed by atoms with van der Waals surface area (Å²) in [7, 11) is 0. The molecule has 0 fully saturated rings. The van der Waals surface area contributed by atoms with Crippen molar-refractivity contribution in [3.8, 4) is 11.1 Å². The third kappa shape index (κ3) is 4.52. The van der Waals surface area contributed by atoms with E-state index in [4.69, 9.17) is 5.73 Å². The molecule has 0 aliphatic carbocycles. The van der Waals surface area contributed by atoms with Crippen LogP contribution in [-0.4, -0.2) is 21.7 Å². The summed E-state index contributed by atoms with van der Waals surface area (Å²) < 4.78 is 52.9. The number of carbonyl (C=O) groups is 2. The molecule has 0 saturated heterocycles. The van der Waals surface area contributed by atoms with Gasteiger partial charge in [-0.2, -0.15) is 13.2 Å². The van der Waals surface area contributed by atoms with E-state index < -0.39 is 29.2 Å². The number of nitrogens with one attached hydrogen (secondary N) is 1. The Kier molecular flexibility index (Phi) is 5.55. The van der Waals surface area contributed by atoms with Gasteiger partial charge < -0.3 is 10.7 Å². The Morgan fingerprint density at radius 2 is 1.73 bits per heavy atom. The van der Waals surface area contributed by atoms with Crippen LogP contribution in [0.3, 0.4) is 0 Å². The van der Waals surface area contributed by atoms with Gasteiger partial charge in [0.1, 0.15) is 11.5 Å². The molecule has 5 nitrogen and oxygen atoms in total. The molecule has 0 spiro atoms. The molecule has 2 aromatic heterocycles. The first-order valence-electron chi connectivity index (χ1n) is 9.60. The van der Waals surface area contributed by atoms with E-state index in [2.05, 4.69) is 9.97 Å². The number of rotatable bonds is 5. The summed E-state index contributed by atoms with van der Waals surface area (Å²) in [5.74, 6) is -2.16. The summed E-state index contributed by atoms with van der Waals surface area (Å²) in [6.07, 6.45) is 1.37. The molecule has 0 unspecified atom stereocenters. The Labute approximate surface area is 184 Å². The maximum atomic E-state index is 14.8. The van der Waals surface area contributed by atoms with Crippen LogP contribution >= 0.6 is 0 Å². The average molecular weight is 453 g/mol. The highest BCUT2D eigenvalue weighted by Crippen LogP contribution is 2.30. The van der Waals surface area contributed by atoms with Crippen LogP contribution in [-0.2, 0) is 11.0 Å². The molecular formula is C24H15F4N3O2. The standard InChI is InChI=1S/C24H15F4N3O2/c25-20-10-14(16-9-19-15(4-8-21(29)32)11-30-23(19)31-12-16)3-7-18(20)22(33)13-1-5-17(6-2-13)24(26,27)28/h1-12H,(H2,29,32)(H,30,31)/b8-4+. The van der Waals surface area contributed by atoms with Crippen molar-refractivity contribution in [2.24, 2.45) is 5.73 Å². The molecule has 1 amide bonds. The molecule has 4 aromatic rings. The van der Waals surface area contributed by atoms with Gasteiger partial charge in [0.05, 0.1) is 11.1 Å². The van der Waals surface area contributed by atoms with E-state index in [1.165, 1.54) is 30.5 Å². The van der Waals surface area contributed by atoms with E-state index in [-0.39, 0.29) is 11.1 Å². The first-order chi connectivity index (χ1) is 15.6. The van der Waals surface area contributed by atoms with Gasteiger partial charge in [-0.15, -0.1) is 0 Å². The normalized spacial score (nSPS) is 11.9. The number of aromatic nitrogens is 2. The average Bonchev–Trinajstić information content (AvgIpc) is 3.19. The summed E-state index contributed by atoms with van der Waals surface area (Å²) in [4.78, 5) is 30.8. The Balaban J connectivity index is 1.65. The van der Waals surface area contributed by atoms with Crippen molar-refractivity contribution in [1.29, 1.82) is 0 Å². The van der Waals surface area contributed by atoms with E-state index in [0.29, 0.717) is 27.7 Å². The van der Waals surface area contributed by atoms with Crippen molar-refractivity contribution < 1.29 is 27.2 Å². The van der Waals surface area contributed by atoms with Gasteiger partial charge in [-0.3, -0.25) is 9.59 Å². The van der Waals surface area contributed by atoms with Gasteiger partial charge >= 0.3 is 6.18 Å². The van der Waals surface area contributed by atoms with E-state index in [1.807, 2.05) is 0 Å². The molecule has 3 N–H and O–H groups in total. The number of nitrogens with two attached hydrogens (primary N) is 1. The molecule has 0 saturated carbocycles. The van der Waals surface area contributed by atoms with Gasteiger partial charge in [0.2, 0.25) is 5.91 Å². The fraction of sp³-hybridized carbons (Fsp3) is 0.0417. The number of ketones is 1. The van der Waals surface area contributed by atoms with Crippen LogP contribution in [0.15, 0.2) is 67.0 Å². The smallest absolute Gasteiger partial charge is 0.366 e. The van der Waals surface area contributed by atoms with Crippen LogP contribution in [0.25, 0.3) is 28.2 Å². The SMILES string of the molecule is NC(=O)/C=C/c1c[nH]c2ncc(-c3ccc(C(=O)c4ccc(C(F)(F)F)cc4)c(F)c3)cc12. The molecule has 0 radical (unpaired) electrons. The molecule has 9 heteroatoms. The molecule has 166 valence electrons. The predicted molar refractivity (Wildman–Crippen MR) is 115 cm³/mol. The molecule has 4 rings (SSSR count). The number of primary amides is 1. The summed E-state index contributed by atoms with van der Waals surface area (Å²) in [5.41, 5.74) is 6.12. The largest absolute Gasteiger partial charge is 0.416 e. The first kappa shape index (κ1) is 21.9. The number of H-pyrrole nitrogens is 1. The minimum absolute atomic E-state index is 0.0593. The van der Waals surface area contributed by atoms with E-state index in [9.17, 15) is 27.2 Å². The number of pyridine rings is 1. The number of carbonyl (C=O) groups excluding carboxylic acids is 2. The second-order valence-electron chi connectivity index (χ2n) is 7.20. The van der Waals surface area contributed by atoms with Gasteiger partial charge in [0.15, 0.2) is 5.78 Å². The lowest BCUT2D eigenvalue weighted by Gasteiger charge is -2.09. The van der Waals surface area contributed by atoms with Crippen molar-refractivity contribution in [1.82, 2.24) is 9.97 Å². The zero-order valence-electron chi connectivity index (χ0n) is 16.8. The zero-order valence-corrected chi connectivity index (χ0v) is 16.8. The van der Waals surface area contributed by atoms with Crippen molar-refractivity contribution in [3.63, 3.8) is 0 Å². The second kappa shape index (κ2) is 8.34. The summed E-state index contributed by atoms with van der Waals surface area (Å²) in [6.45, 7) is 0. The highest BCUT2D eigenvalue weighted by atomic mass is 19.4. The number of benzene rings is 2. The molecule has 2 heterocycles. The predicted octanol–water partition coefficient (Wildman–Crippen LogP) is 5.12. The number of amides is 1. The van der Waals surface area contributed by atoms with E-state index in [1.54, 1.807) is 12.3 Å². The summed E-state index contributed by atoms with van der Waals surface area (Å²) in [5, 5.41) is 0.676. The van der Waals surface area contributed by atoms with Crippen LogP contribution in [0.2, 0.25) is 0 Å². The maximum Gasteiger partial charge on any atom is 0.416 e. The molecule has 33 heavy (non-hydrogen) atoms. The topological polar surface area (TPSA) is 88.8 Å². The maximum absolute atomic E-state index is 14.8. The van der Waals surface area contributed by atoms with E-state index in [0.717, 1.165) is 30.3 Å². The molecule has 0 atom stereocenters. The second-order valence-corrected chi connectivity index (χ2v) is 7.20. The van der Waals surface area contributed by atoms with Crippen molar-refractivity contribution in [3.05, 3.63) is 95.1 Å². The molecule has 0 aliphatic rings. The first-order valence-corrected chi connectivity index (χ1v) is 9.60. The molecule has 0 aliphatic heterocycles. The monoisotopic (exact) mass is 453 g/mol. The number of hydrogen-bond donors (Lipinski definition) is 2. The van der Waals surface area contributed by atoms with Gasteiger partial charge in [0, 0.05) is 40.5 Å². The van der Waals surface area contributed by atoms with Crippen molar-refractivity contribution in [2.45, 2.75) is 6.18 Å². The third-order valence-corrected chi connectivity index (χ3v) is 5.01. The van der Waals surface area contributed by atoms with Gasteiger partial charge in [-0.05, 0) is 42.0 Å². The van der Waals surface area contributed by atoms with Gasteiger partial charge in [0.25, 0.3) is 0 Å². The number of aromatic amines is 1. The Bertz CT molecular complexity index is 1400. The number of halogens is 4. The molecule has 2 aromatic carbocycles. The van der Waals surface area contributed by atoms with Gasteiger partial charge in [-0.1, -0.05) is 18.2 Å². The van der Waals surface area contributed by atoms with Crippen LogP contribution in [0.4, 0.5) is 17.6 Å². The minimum Gasteiger partial charge on any atom is -0.366 e. The molecular weight excluding hydrogens is 438 g/mol. The van der Waals surface area contributed by atoms with Crippen LogP contribution in [0.5, 0.6) is 0 Å². The minimum atomic E-state index is -4.53. The fourth-order valence-corrected chi connectivity index (χ4v) is 3.34. The highest BCUT2D eigenvalue weighted by Gasteiger charge is 2.30. The van der Waals surface area contributed by atoms with Crippen molar-refractivity contribution >= 4 is 28.8 Å². The lowest BCUT2D eigenvalue weighted by molar-refractivity contribution is -0.137. The van der Waals surface area contributed by atoms with Gasteiger partial charge in [-0.25, -0.2) is 9.37 Å². The Hall–Kier alpha value is -4.27. The zero-order chi connectivity index (χ0) is 23.8. The highest BCUT2D eigenvalue weighted by molar-refractivity contribution is 6.09. The lowest BCUT2D eigenvalue weighted by atomic mass is 9.98. The van der Waals surface area contributed by atoms with E-state index >= 15 is 0 Å². The van der Waals surface area contributed by atoms with Crippen LogP contribution in [0, 0.1) is 5.82 Å². The third-order valence-electron chi connectivity index (χ3n) is 5.01. The Morgan fingerprint density at radius 3 is 2.36 bits per heavy atom. The summed E-state index contributed by atoms with van der Waals surface area (Å²) >= 11 is 0. The number of hydrogen-bond acceptors (Lipinski definition) is 3. The van der Waals surface area contributed by atoms with Crippen molar-refractivity contribution in [2.75, 3.05) is 0 Å². The quantitative estimate of drug-likeness (QED) is 0.250. The van der Waals surface area contributed by atoms with Crippen LogP contribution in [0.1, 0.15) is 27.0 Å². The number of alkyl halides is 3. The fourth-order valence-electron chi connectivity index (χ4n) is 3.34. The van der Waals surface area contributed by atoms with Crippen LogP contribution < -0.4 is 5.73 Å². The Morgan fingerprint density at radius 1 is 1.00 bits per heavy atom.